The van der Waals surface area contributed by atoms with Gasteiger partial charge in [0.2, 0.25) is 0 Å². The highest BCUT2D eigenvalue weighted by atomic mass is 15.1. The Bertz CT molecular complexity index is 543. The number of benzene rings is 1. The Balaban J connectivity index is 2.42. The predicted molar refractivity (Wildman–Crippen MR) is 88.2 cm³/mol. The van der Waals surface area contributed by atoms with Gasteiger partial charge in [-0.1, -0.05) is 44.9 Å². The highest BCUT2D eigenvalue weighted by molar-refractivity contribution is 5.97. The lowest BCUT2D eigenvalue weighted by molar-refractivity contribution is 0.680. The Labute approximate surface area is 121 Å². The molecule has 2 rings (SSSR count). The topological polar surface area (TPSA) is 42.1 Å². The van der Waals surface area contributed by atoms with Crippen LogP contribution in [-0.2, 0) is 0 Å². The van der Waals surface area contributed by atoms with Crippen molar-refractivity contribution in [2.45, 2.75) is 39.5 Å². The van der Waals surface area contributed by atoms with Gasteiger partial charge in [0.15, 0.2) is 0 Å². The maximum atomic E-state index is 6.23. The van der Waals surface area contributed by atoms with Crippen LogP contribution in [0.4, 0.5) is 11.4 Å². The maximum Gasteiger partial charge on any atom is 0.0745 e. The van der Waals surface area contributed by atoms with Crippen molar-refractivity contribution in [3.05, 3.63) is 30.5 Å². The second kappa shape index (κ2) is 7.13. The van der Waals surface area contributed by atoms with E-state index >= 15 is 0 Å². The first-order valence-electron chi connectivity index (χ1n) is 7.66. The Kier molecular flexibility index (Phi) is 5.22. The summed E-state index contributed by atoms with van der Waals surface area (Å²) in [6.45, 7) is 6.58. The Morgan fingerprint density at radius 3 is 2.35 bits per heavy atom. The van der Waals surface area contributed by atoms with E-state index in [1.165, 1.54) is 31.1 Å². The molecule has 0 radical (unpaired) electrons. The normalized spacial score (nSPS) is 10.9. The van der Waals surface area contributed by atoms with Crippen LogP contribution in [0.2, 0.25) is 0 Å². The lowest BCUT2D eigenvalue weighted by Gasteiger charge is -2.27. The van der Waals surface area contributed by atoms with Crippen LogP contribution in [-0.4, -0.2) is 18.1 Å². The molecule has 0 unspecified atom stereocenters. The Morgan fingerprint density at radius 1 is 1.05 bits per heavy atom. The fraction of sp³-hybridized carbons (Fsp3) is 0.471. The maximum absolute atomic E-state index is 6.23. The number of nitrogens with two attached hydrogens (primary N) is 1. The number of nitrogen functional groups attached to an aromatic ring is 1. The molecule has 1 aromatic heterocycles. The number of rotatable bonds is 7. The number of fused-ring (bicyclic) bond motifs is 1. The summed E-state index contributed by atoms with van der Waals surface area (Å²) in [6.07, 6.45) is 6.58. The van der Waals surface area contributed by atoms with Crippen molar-refractivity contribution < 1.29 is 0 Å². The summed E-state index contributed by atoms with van der Waals surface area (Å²) in [5.41, 5.74) is 9.20. The van der Waals surface area contributed by atoms with E-state index in [9.17, 15) is 0 Å². The molecular formula is C17H25N3. The van der Waals surface area contributed by atoms with Crippen molar-refractivity contribution in [3.63, 3.8) is 0 Å². The molecule has 3 nitrogen and oxygen atoms in total. The molecule has 0 aliphatic carbocycles. The van der Waals surface area contributed by atoms with Crippen molar-refractivity contribution >= 4 is 22.3 Å². The number of pyridine rings is 1. The summed E-state index contributed by atoms with van der Waals surface area (Å²) in [5, 5.41) is 1.17. The van der Waals surface area contributed by atoms with E-state index in [4.69, 9.17) is 5.73 Å². The first-order valence-corrected chi connectivity index (χ1v) is 7.66. The largest absolute Gasteiger partial charge is 0.396 e. The molecule has 2 aromatic rings. The van der Waals surface area contributed by atoms with Crippen molar-refractivity contribution in [3.8, 4) is 0 Å². The third-order valence-corrected chi connectivity index (χ3v) is 3.65. The van der Waals surface area contributed by atoms with Crippen LogP contribution >= 0.6 is 0 Å². The quantitative estimate of drug-likeness (QED) is 0.819. The molecule has 1 aromatic carbocycles. The predicted octanol–water partition coefficient (Wildman–Crippen LogP) is 4.22. The van der Waals surface area contributed by atoms with Crippen LogP contribution in [0.25, 0.3) is 10.9 Å². The second-order valence-corrected chi connectivity index (χ2v) is 5.27. The van der Waals surface area contributed by atoms with Crippen molar-refractivity contribution in [1.29, 1.82) is 0 Å². The molecule has 0 saturated heterocycles. The van der Waals surface area contributed by atoms with Crippen molar-refractivity contribution in [2.75, 3.05) is 23.7 Å². The minimum Gasteiger partial charge on any atom is -0.396 e. The molecule has 1 heterocycles. The number of hydrogen-bond donors (Lipinski definition) is 1. The minimum atomic E-state index is 0.788. The summed E-state index contributed by atoms with van der Waals surface area (Å²) in [4.78, 5) is 6.87. The summed E-state index contributed by atoms with van der Waals surface area (Å²) in [5.74, 6) is 0. The zero-order valence-corrected chi connectivity index (χ0v) is 12.6. The number of unbranched alkanes of at least 4 members (excludes halogenated alkanes) is 2. The lowest BCUT2D eigenvalue weighted by Crippen LogP contribution is -2.26. The van der Waals surface area contributed by atoms with E-state index in [1.807, 2.05) is 6.07 Å². The Hall–Kier alpha value is -1.77. The number of para-hydroxylation sites is 1. The molecule has 0 saturated carbocycles. The SMILES string of the molecule is CCCCN(CCCC)c1c(N)cnc2ccccc12. The number of anilines is 2. The molecule has 0 bridgehead atoms. The summed E-state index contributed by atoms with van der Waals surface area (Å²) < 4.78 is 0. The van der Waals surface area contributed by atoms with Gasteiger partial charge in [-0.25, -0.2) is 0 Å². The van der Waals surface area contributed by atoms with Gasteiger partial charge < -0.3 is 10.6 Å². The van der Waals surface area contributed by atoms with E-state index in [-0.39, 0.29) is 0 Å². The highest BCUT2D eigenvalue weighted by Crippen LogP contribution is 2.31. The molecule has 2 N–H and O–H groups in total. The van der Waals surface area contributed by atoms with E-state index < -0.39 is 0 Å². The first kappa shape index (κ1) is 14.6. The fourth-order valence-electron chi connectivity index (χ4n) is 2.53. The van der Waals surface area contributed by atoms with Crippen LogP contribution in [0.1, 0.15) is 39.5 Å². The number of nitrogens with zero attached hydrogens (tertiary/aromatic N) is 2. The van der Waals surface area contributed by atoms with Gasteiger partial charge in [-0.15, -0.1) is 0 Å². The van der Waals surface area contributed by atoms with Gasteiger partial charge in [0.05, 0.1) is 23.1 Å². The van der Waals surface area contributed by atoms with E-state index in [1.54, 1.807) is 6.20 Å². The zero-order valence-electron chi connectivity index (χ0n) is 12.6. The molecule has 0 amide bonds. The summed E-state index contributed by atoms with van der Waals surface area (Å²) >= 11 is 0. The van der Waals surface area contributed by atoms with E-state index in [2.05, 4.69) is 41.9 Å². The molecule has 0 fully saturated rings. The van der Waals surface area contributed by atoms with Crippen LogP contribution < -0.4 is 10.6 Å². The Morgan fingerprint density at radius 2 is 1.70 bits per heavy atom. The standard InChI is InChI=1S/C17H25N3/c1-3-5-11-20(12-6-4-2)17-14-9-7-8-10-16(14)19-13-15(17)18/h7-10,13H,3-6,11-12,18H2,1-2H3. The van der Waals surface area contributed by atoms with Crippen LogP contribution in [0.5, 0.6) is 0 Å². The van der Waals surface area contributed by atoms with E-state index in [0.29, 0.717) is 0 Å². The van der Waals surface area contributed by atoms with Gasteiger partial charge in [-0.2, -0.15) is 0 Å². The van der Waals surface area contributed by atoms with Gasteiger partial charge in [0.1, 0.15) is 0 Å². The monoisotopic (exact) mass is 271 g/mol. The second-order valence-electron chi connectivity index (χ2n) is 5.27. The number of hydrogen-bond acceptors (Lipinski definition) is 3. The average molecular weight is 271 g/mol. The van der Waals surface area contributed by atoms with E-state index in [0.717, 1.165) is 30.0 Å². The van der Waals surface area contributed by atoms with Crippen LogP contribution in [0, 0.1) is 0 Å². The first-order chi connectivity index (χ1) is 9.77. The van der Waals surface area contributed by atoms with Crippen molar-refractivity contribution in [1.82, 2.24) is 4.98 Å². The molecule has 0 aliphatic heterocycles. The molecule has 0 atom stereocenters. The lowest BCUT2D eigenvalue weighted by atomic mass is 10.1. The van der Waals surface area contributed by atoms with Gasteiger partial charge in [0, 0.05) is 18.5 Å². The highest BCUT2D eigenvalue weighted by Gasteiger charge is 2.13. The van der Waals surface area contributed by atoms with Gasteiger partial charge in [-0.3, -0.25) is 4.98 Å². The molecule has 108 valence electrons. The van der Waals surface area contributed by atoms with Gasteiger partial charge in [0.25, 0.3) is 0 Å². The molecule has 3 heteroatoms. The van der Waals surface area contributed by atoms with Gasteiger partial charge in [-0.05, 0) is 18.9 Å². The number of aromatic nitrogens is 1. The molecule has 0 spiro atoms. The van der Waals surface area contributed by atoms with Gasteiger partial charge >= 0.3 is 0 Å². The summed E-state index contributed by atoms with van der Waals surface area (Å²) in [6, 6.07) is 8.26. The zero-order chi connectivity index (χ0) is 14.4. The smallest absolute Gasteiger partial charge is 0.0745 e. The third kappa shape index (κ3) is 3.21. The molecule has 20 heavy (non-hydrogen) atoms. The van der Waals surface area contributed by atoms with Crippen LogP contribution in [0.15, 0.2) is 30.5 Å². The third-order valence-electron chi connectivity index (χ3n) is 3.65. The summed E-state index contributed by atoms with van der Waals surface area (Å²) in [7, 11) is 0. The fourth-order valence-corrected chi connectivity index (χ4v) is 2.53. The van der Waals surface area contributed by atoms with Crippen LogP contribution in [0.3, 0.4) is 0 Å². The average Bonchev–Trinajstić information content (AvgIpc) is 2.48. The molecular weight excluding hydrogens is 246 g/mol. The van der Waals surface area contributed by atoms with Crippen molar-refractivity contribution in [2.24, 2.45) is 0 Å². The molecule has 0 aliphatic rings. The minimum absolute atomic E-state index is 0.788.